The number of carboxylic acids is 1. The molecule has 0 saturated heterocycles. The second-order valence-electron chi connectivity index (χ2n) is 5.16. The van der Waals surface area contributed by atoms with Crippen LogP contribution in [0.15, 0.2) is 24.3 Å². The molecule has 0 heterocycles. The van der Waals surface area contributed by atoms with Gasteiger partial charge >= 0.3 is 5.97 Å². The largest absolute Gasteiger partial charge is 0.481 e. The van der Waals surface area contributed by atoms with Gasteiger partial charge in [0.25, 0.3) is 0 Å². The summed E-state index contributed by atoms with van der Waals surface area (Å²) in [5, 5.41) is 8.60. The van der Waals surface area contributed by atoms with E-state index in [0.717, 1.165) is 13.0 Å². The molecule has 98 valence electrons. The molecule has 0 bridgehead atoms. The van der Waals surface area contributed by atoms with Gasteiger partial charge < -0.3 is 9.84 Å². The van der Waals surface area contributed by atoms with E-state index in [0.29, 0.717) is 6.42 Å². The van der Waals surface area contributed by atoms with Crippen molar-refractivity contribution in [2.45, 2.75) is 37.5 Å². The highest BCUT2D eigenvalue weighted by molar-refractivity contribution is 5.66. The fourth-order valence-electron chi connectivity index (χ4n) is 2.41. The molecule has 0 aromatic heterocycles. The van der Waals surface area contributed by atoms with Crippen molar-refractivity contribution in [2.75, 3.05) is 13.7 Å². The molecule has 3 heteroatoms. The van der Waals surface area contributed by atoms with Crippen molar-refractivity contribution in [1.82, 2.24) is 0 Å². The van der Waals surface area contributed by atoms with Crippen LogP contribution in [0.25, 0.3) is 0 Å². The lowest BCUT2D eigenvalue weighted by Crippen LogP contribution is -2.13. The normalized spacial score (nSPS) is 16.5. The fraction of sp³-hybridized carbons (Fsp3) is 0.533. The quantitative estimate of drug-likeness (QED) is 0.807. The van der Waals surface area contributed by atoms with Crippen LogP contribution >= 0.6 is 0 Å². The van der Waals surface area contributed by atoms with Gasteiger partial charge in [-0.3, -0.25) is 4.79 Å². The first kappa shape index (κ1) is 13.1. The number of carbonyl (C=O) groups is 1. The van der Waals surface area contributed by atoms with Gasteiger partial charge in [0.2, 0.25) is 0 Å². The van der Waals surface area contributed by atoms with Gasteiger partial charge in [0.15, 0.2) is 0 Å². The number of hydrogen-bond acceptors (Lipinski definition) is 2. The molecular formula is C15H20O3. The van der Waals surface area contributed by atoms with E-state index in [1.807, 2.05) is 0 Å². The number of aryl methyl sites for hydroxylation is 1. The first-order valence-corrected chi connectivity index (χ1v) is 6.46. The zero-order valence-electron chi connectivity index (χ0n) is 10.8. The molecule has 18 heavy (non-hydrogen) atoms. The lowest BCUT2D eigenvalue weighted by molar-refractivity contribution is -0.137. The van der Waals surface area contributed by atoms with E-state index < -0.39 is 5.97 Å². The zero-order chi connectivity index (χ0) is 13.0. The lowest BCUT2D eigenvalue weighted by atomic mass is 9.95. The third-order valence-corrected chi connectivity index (χ3v) is 3.70. The maximum atomic E-state index is 10.4. The molecule has 0 amide bonds. The Morgan fingerprint density at radius 1 is 1.33 bits per heavy atom. The number of hydrogen-bond donors (Lipinski definition) is 1. The van der Waals surface area contributed by atoms with Crippen molar-refractivity contribution in [3.8, 4) is 0 Å². The Balaban J connectivity index is 1.91. The van der Waals surface area contributed by atoms with Crippen LogP contribution in [-0.2, 0) is 21.4 Å². The molecular weight excluding hydrogens is 228 g/mol. The van der Waals surface area contributed by atoms with Crippen molar-refractivity contribution >= 4 is 5.97 Å². The Labute approximate surface area is 108 Å². The summed E-state index contributed by atoms with van der Waals surface area (Å²) in [7, 11) is 1.75. The predicted octanol–water partition coefficient (Wildman–Crippen LogP) is 2.77. The van der Waals surface area contributed by atoms with Gasteiger partial charge in [-0.2, -0.15) is 0 Å². The third-order valence-electron chi connectivity index (χ3n) is 3.70. The summed E-state index contributed by atoms with van der Waals surface area (Å²) in [4.78, 5) is 10.4. The van der Waals surface area contributed by atoms with Crippen LogP contribution in [0.4, 0.5) is 0 Å². The zero-order valence-corrected chi connectivity index (χ0v) is 10.8. The van der Waals surface area contributed by atoms with Crippen molar-refractivity contribution in [2.24, 2.45) is 0 Å². The Morgan fingerprint density at radius 3 is 2.50 bits per heavy atom. The van der Waals surface area contributed by atoms with Crippen molar-refractivity contribution in [3.63, 3.8) is 0 Å². The molecule has 0 aliphatic heterocycles. The Bertz CT molecular complexity index is 404. The van der Waals surface area contributed by atoms with Gasteiger partial charge in [0.05, 0.1) is 6.61 Å². The van der Waals surface area contributed by atoms with E-state index in [1.165, 1.54) is 24.0 Å². The SMILES string of the molecule is COCC1(c2ccc(CCCC(=O)O)cc2)CC1. The predicted molar refractivity (Wildman–Crippen MR) is 69.8 cm³/mol. The molecule has 2 rings (SSSR count). The summed E-state index contributed by atoms with van der Waals surface area (Å²) in [5.74, 6) is -0.719. The van der Waals surface area contributed by atoms with E-state index >= 15 is 0 Å². The maximum absolute atomic E-state index is 10.4. The van der Waals surface area contributed by atoms with Crippen molar-refractivity contribution < 1.29 is 14.6 Å². The van der Waals surface area contributed by atoms with Gasteiger partial charge in [-0.1, -0.05) is 24.3 Å². The molecule has 0 atom stereocenters. The maximum Gasteiger partial charge on any atom is 0.303 e. The standard InChI is InChI=1S/C15H20O3/c1-18-11-15(9-10-15)13-7-5-12(6-8-13)3-2-4-14(16)17/h5-8H,2-4,9-11H2,1H3,(H,16,17). The highest BCUT2D eigenvalue weighted by Crippen LogP contribution is 2.48. The first-order chi connectivity index (χ1) is 8.66. The molecule has 1 aliphatic rings. The summed E-state index contributed by atoms with van der Waals surface area (Å²) >= 11 is 0. The van der Waals surface area contributed by atoms with Crippen LogP contribution in [0, 0.1) is 0 Å². The summed E-state index contributed by atoms with van der Waals surface area (Å²) in [6.45, 7) is 0.797. The van der Waals surface area contributed by atoms with Crippen molar-refractivity contribution in [3.05, 3.63) is 35.4 Å². The van der Waals surface area contributed by atoms with E-state index in [4.69, 9.17) is 9.84 Å². The van der Waals surface area contributed by atoms with Gasteiger partial charge in [0.1, 0.15) is 0 Å². The van der Waals surface area contributed by atoms with Crippen LogP contribution in [0.2, 0.25) is 0 Å². The van der Waals surface area contributed by atoms with Crippen LogP contribution in [0.5, 0.6) is 0 Å². The summed E-state index contributed by atoms with van der Waals surface area (Å²) in [6.07, 6.45) is 4.20. The minimum absolute atomic E-state index is 0.245. The first-order valence-electron chi connectivity index (χ1n) is 6.46. The number of carboxylic acid groups (broad SMARTS) is 1. The molecule has 1 fully saturated rings. The molecule has 0 unspecified atom stereocenters. The van der Waals surface area contributed by atoms with Gasteiger partial charge in [-0.15, -0.1) is 0 Å². The molecule has 1 N–H and O–H groups in total. The molecule has 0 radical (unpaired) electrons. The van der Waals surface area contributed by atoms with Crippen molar-refractivity contribution in [1.29, 1.82) is 0 Å². The molecule has 1 saturated carbocycles. The number of ether oxygens (including phenoxy) is 1. The number of rotatable bonds is 7. The van der Waals surface area contributed by atoms with E-state index in [1.54, 1.807) is 7.11 Å². The second kappa shape index (κ2) is 5.53. The minimum Gasteiger partial charge on any atom is -0.481 e. The highest BCUT2D eigenvalue weighted by atomic mass is 16.5. The van der Waals surface area contributed by atoms with Crippen LogP contribution in [0.1, 0.15) is 36.8 Å². The van der Waals surface area contributed by atoms with Crippen LogP contribution in [-0.4, -0.2) is 24.8 Å². The van der Waals surface area contributed by atoms with Crippen LogP contribution < -0.4 is 0 Å². The Kier molecular flexibility index (Phi) is 4.02. The topological polar surface area (TPSA) is 46.5 Å². The average Bonchev–Trinajstić information content (AvgIpc) is 3.11. The second-order valence-corrected chi connectivity index (χ2v) is 5.16. The van der Waals surface area contributed by atoms with Gasteiger partial charge in [-0.25, -0.2) is 0 Å². The smallest absolute Gasteiger partial charge is 0.303 e. The highest BCUT2D eigenvalue weighted by Gasteiger charge is 2.44. The third kappa shape index (κ3) is 3.10. The number of aliphatic carboxylic acids is 1. The fourth-order valence-corrected chi connectivity index (χ4v) is 2.41. The number of benzene rings is 1. The van der Waals surface area contributed by atoms with Crippen LogP contribution in [0.3, 0.4) is 0 Å². The Hall–Kier alpha value is -1.35. The van der Waals surface area contributed by atoms with E-state index in [-0.39, 0.29) is 11.8 Å². The van der Waals surface area contributed by atoms with Gasteiger partial charge in [-0.05, 0) is 36.8 Å². The minimum atomic E-state index is -0.719. The lowest BCUT2D eigenvalue weighted by Gasteiger charge is -2.14. The molecule has 0 spiro atoms. The molecule has 1 aromatic rings. The van der Waals surface area contributed by atoms with E-state index in [2.05, 4.69) is 24.3 Å². The summed E-state index contributed by atoms with van der Waals surface area (Å²) < 4.78 is 5.28. The van der Waals surface area contributed by atoms with E-state index in [9.17, 15) is 4.79 Å². The Morgan fingerprint density at radius 2 is 2.00 bits per heavy atom. The average molecular weight is 248 g/mol. The number of methoxy groups -OCH3 is 1. The molecule has 1 aliphatic carbocycles. The molecule has 3 nitrogen and oxygen atoms in total. The summed E-state index contributed by atoms with van der Waals surface area (Å²) in [5.41, 5.74) is 2.83. The monoisotopic (exact) mass is 248 g/mol. The summed E-state index contributed by atoms with van der Waals surface area (Å²) in [6, 6.07) is 8.57. The molecule has 1 aromatic carbocycles. The van der Waals surface area contributed by atoms with Gasteiger partial charge in [0, 0.05) is 18.9 Å².